The lowest BCUT2D eigenvalue weighted by molar-refractivity contribution is 1.21. The van der Waals surface area contributed by atoms with Gasteiger partial charge in [0.05, 0.1) is 23.5 Å². The number of aromatic amines is 1. The van der Waals surface area contributed by atoms with Gasteiger partial charge in [0.15, 0.2) is 0 Å². The highest BCUT2D eigenvalue weighted by Crippen LogP contribution is 2.30. The van der Waals surface area contributed by atoms with Crippen LogP contribution in [0.4, 0.5) is 0 Å². The average Bonchev–Trinajstić information content (AvgIpc) is 3.06. The summed E-state index contributed by atoms with van der Waals surface area (Å²) in [6, 6.07) is 11.9. The Kier molecular flexibility index (Phi) is 3.75. The molecule has 0 spiro atoms. The minimum Gasteiger partial charge on any atom is -0.338 e. The van der Waals surface area contributed by atoms with E-state index < -0.39 is 0 Å². The van der Waals surface area contributed by atoms with E-state index in [1.165, 1.54) is 27.8 Å². The van der Waals surface area contributed by atoms with Crippen LogP contribution in [0.15, 0.2) is 36.5 Å². The number of imidazole rings is 1. The van der Waals surface area contributed by atoms with Gasteiger partial charge in [0, 0.05) is 11.1 Å². The van der Waals surface area contributed by atoms with Gasteiger partial charge in [0.1, 0.15) is 5.82 Å². The summed E-state index contributed by atoms with van der Waals surface area (Å²) in [6.45, 7) is 8.61. The molecule has 3 heteroatoms. The van der Waals surface area contributed by atoms with Gasteiger partial charge < -0.3 is 4.98 Å². The topological polar surface area (TPSA) is 52.5 Å². The van der Waals surface area contributed by atoms with Crippen LogP contribution in [0.2, 0.25) is 0 Å². The van der Waals surface area contributed by atoms with Gasteiger partial charge in [-0.2, -0.15) is 5.26 Å². The molecule has 0 aliphatic carbocycles. The maximum Gasteiger partial charge on any atom is 0.137 e. The second-order valence-electron chi connectivity index (χ2n) is 5.95. The molecule has 0 aliphatic rings. The number of aryl methyl sites for hydroxylation is 1. The minimum absolute atomic E-state index is 0.638. The van der Waals surface area contributed by atoms with E-state index >= 15 is 0 Å². The summed E-state index contributed by atoms with van der Waals surface area (Å²) in [7, 11) is 0. The monoisotopic (exact) mass is 301 g/mol. The smallest absolute Gasteiger partial charge is 0.137 e. The molecule has 0 saturated heterocycles. The summed E-state index contributed by atoms with van der Waals surface area (Å²) in [6.07, 6.45) is 1.87. The fraction of sp³-hybridized carbons (Fsp3) is 0.200. The van der Waals surface area contributed by atoms with Crippen molar-refractivity contribution >= 4 is 0 Å². The highest BCUT2D eigenvalue weighted by atomic mass is 14.9. The second kappa shape index (κ2) is 5.73. The molecule has 0 aliphatic heterocycles. The molecule has 0 amide bonds. The number of hydrogen-bond acceptors (Lipinski definition) is 2. The minimum atomic E-state index is 0.638. The molecule has 1 heterocycles. The Labute approximate surface area is 136 Å². The van der Waals surface area contributed by atoms with Crippen molar-refractivity contribution < 1.29 is 0 Å². The molecule has 1 aromatic heterocycles. The average molecular weight is 301 g/mol. The molecule has 0 fully saturated rings. The van der Waals surface area contributed by atoms with Gasteiger partial charge in [0.25, 0.3) is 0 Å². The lowest BCUT2D eigenvalue weighted by Gasteiger charge is -2.13. The van der Waals surface area contributed by atoms with E-state index in [1.54, 1.807) is 6.07 Å². The number of aromatic nitrogens is 2. The van der Waals surface area contributed by atoms with Gasteiger partial charge in [-0.1, -0.05) is 12.1 Å². The van der Waals surface area contributed by atoms with E-state index in [9.17, 15) is 0 Å². The van der Waals surface area contributed by atoms with E-state index in [2.05, 4.69) is 49.8 Å². The number of benzene rings is 2. The van der Waals surface area contributed by atoms with E-state index in [0.29, 0.717) is 5.56 Å². The van der Waals surface area contributed by atoms with E-state index in [-0.39, 0.29) is 0 Å². The molecule has 2 aromatic carbocycles. The summed E-state index contributed by atoms with van der Waals surface area (Å²) < 4.78 is 0. The van der Waals surface area contributed by atoms with Crippen LogP contribution in [-0.2, 0) is 0 Å². The number of H-pyrrole nitrogens is 1. The molecule has 0 atom stereocenters. The van der Waals surface area contributed by atoms with Crippen LogP contribution in [0.3, 0.4) is 0 Å². The first-order valence-electron chi connectivity index (χ1n) is 7.64. The third-order valence-corrected chi connectivity index (χ3v) is 4.61. The molecule has 0 unspecified atom stereocenters. The molecule has 3 rings (SSSR count). The maximum absolute atomic E-state index is 9.03. The first kappa shape index (κ1) is 15.1. The summed E-state index contributed by atoms with van der Waals surface area (Å²) in [4.78, 5) is 7.89. The van der Waals surface area contributed by atoms with E-state index in [4.69, 9.17) is 5.26 Å². The molecule has 0 saturated carbocycles. The first-order valence-corrected chi connectivity index (χ1v) is 7.64. The Morgan fingerprint density at radius 1 is 1.00 bits per heavy atom. The van der Waals surface area contributed by atoms with Crippen LogP contribution in [0.5, 0.6) is 0 Å². The fourth-order valence-corrected chi connectivity index (χ4v) is 2.83. The predicted molar refractivity (Wildman–Crippen MR) is 93.1 cm³/mol. The van der Waals surface area contributed by atoms with E-state index in [1.807, 2.05) is 24.4 Å². The summed E-state index contributed by atoms with van der Waals surface area (Å²) >= 11 is 0. The predicted octanol–water partition coefficient (Wildman–Crippen LogP) is 4.85. The quantitative estimate of drug-likeness (QED) is 0.735. The van der Waals surface area contributed by atoms with Crippen molar-refractivity contribution in [1.82, 2.24) is 9.97 Å². The number of nitrogens with one attached hydrogen (secondary N) is 1. The summed E-state index contributed by atoms with van der Waals surface area (Å²) in [5.41, 5.74) is 8.97. The molecule has 114 valence electrons. The van der Waals surface area contributed by atoms with Crippen molar-refractivity contribution in [3.63, 3.8) is 0 Å². The SMILES string of the molecule is Cc1cc(-c2cnc(-c3cccc(C#N)c3)[nH]2)c(C)c(C)c1C. The van der Waals surface area contributed by atoms with Gasteiger partial charge >= 0.3 is 0 Å². The van der Waals surface area contributed by atoms with Crippen molar-refractivity contribution in [1.29, 1.82) is 5.26 Å². The molecular formula is C20H19N3. The van der Waals surface area contributed by atoms with Crippen molar-refractivity contribution in [3.05, 3.63) is 64.3 Å². The third kappa shape index (κ3) is 2.64. The lowest BCUT2D eigenvalue weighted by atomic mass is 9.93. The van der Waals surface area contributed by atoms with Gasteiger partial charge in [-0.25, -0.2) is 4.98 Å². The normalized spacial score (nSPS) is 10.6. The van der Waals surface area contributed by atoms with Crippen molar-refractivity contribution in [2.75, 3.05) is 0 Å². The highest BCUT2D eigenvalue weighted by molar-refractivity contribution is 5.70. The zero-order valence-corrected chi connectivity index (χ0v) is 13.9. The van der Waals surface area contributed by atoms with Gasteiger partial charge in [-0.05, 0) is 68.1 Å². The molecule has 1 N–H and O–H groups in total. The summed E-state index contributed by atoms with van der Waals surface area (Å²) in [5.74, 6) is 0.785. The fourth-order valence-electron chi connectivity index (χ4n) is 2.83. The third-order valence-electron chi connectivity index (χ3n) is 4.61. The molecular weight excluding hydrogens is 282 g/mol. The van der Waals surface area contributed by atoms with Gasteiger partial charge in [0.2, 0.25) is 0 Å². The number of nitriles is 1. The van der Waals surface area contributed by atoms with E-state index in [0.717, 1.165) is 17.1 Å². The Balaban J connectivity index is 2.08. The largest absolute Gasteiger partial charge is 0.338 e. The zero-order valence-electron chi connectivity index (χ0n) is 13.9. The molecule has 0 radical (unpaired) electrons. The summed E-state index contributed by atoms with van der Waals surface area (Å²) in [5, 5.41) is 9.03. The van der Waals surface area contributed by atoms with Crippen LogP contribution in [0, 0.1) is 39.0 Å². The molecule has 0 bridgehead atoms. The molecule has 23 heavy (non-hydrogen) atoms. The standard InChI is InChI=1S/C20H19N3/c1-12-8-18(15(4)14(3)13(12)2)19-11-22-20(23-19)17-7-5-6-16(9-17)10-21/h5-9,11H,1-4H3,(H,22,23). The number of hydrogen-bond donors (Lipinski definition) is 1. The van der Waals surface area contributed by atoms with Crippen LogP contribution < -0.4 is 0 Å². The lowest BCUT2D eigenvalue weighted by Crippen LogP contribution is -1.94. The van der Waals surface area contributed by atoms with Crippen molar-refractivity contribution in [2.45, 2.75) is 27.7 Å². The van der Waals surface area contributed by atoms with Crippen LogP contribution in [0.25, 0.3) is 22.6 Å². The van der Waals surface area contributed by atoms with Gasteiger partial charge in [-0.15, -0.1) is 0 Å². The second-order valence-corrected chi connectivity index (χ2v) is 5.95. The Morgan fingerprint density at radius 2 is 1.78 bits per heavy atom. The van der Waals surface area contributed by atoms with Crippen LogP contribution >= 0.6 is 0 Å². The Hall–Kier alpha value is -2.86. The number of nitrogens with zero attached hydrogens (tertiary/aromatic N) is 2. The van der Waals surface area contributed by atoms with Crippen molar-refractivity contribution in [2.24, 2.45) is 0 Å². The zero-order chi connectivity index (χ0) is 16.6. The van der Waals surface area contributed by atoms with Crippen LogP contribution in [-0.4, -0.2) is 9.97 Å². The number of rotatable bonds is 2. The first-order chi connectivity index (χ1) is 11.0. The Bertz CT molecular complexity index is 927. The Morgan fingerprint density at radius 3 is 2.52 bits per heavy atom. The molecule has 3 nitrogen and oxygen atoms in total. The van der Waals surface area contributed by atoms with Gasteiger partial charge in [-0.3, -0.25) is 0 Å². The highest BCUT2D eigenvalue weighted by Gasteiger charge is 2.12. The van der Waals surface area contributed by atoms with Crippen LogP contribution in [0.1, 0.15) is 27.8 Å². The van der Waals surface area contributed by atoms with Crippen molar-refractivity contribution in [3.8, 4) is 28.7 Å². The maximum atomic E-state index is 9.03. The molecule has 3 aromatic rings.